The highest BCUT2D eigenvalue weighted by atomic mass is 32.1. The number of rotatable bonds is 6. The number of hydrogen-bond acceptors (Lipinski definition) is 6. The molecule has 0 aromatic carbocycles. The summed E-state index contributed by atoms with van der Waals surface area (Å²) < 4.78 is 47.1. The highest BCUT2D eigenvalue weighted by Gasteiger charge is 2.57. The summed E-state index contributed by atoms with van der Waals surface area (Å²) in [5.74, 6) is 4.49. The number of aromatic nitrogens is 2. The summed E-state index contributed by atoms with van der Waals surface area (Å²) in [4.78, 5) is 28.3. The van der Waals surface area contributed by atoms with E-state index in [0.29, 0.717) is 43.9 Å². The molecule has 3 fully saturated rings. The molecule has 2 aromatic rings. The summed E-state index contributed by atoms with van der Waals surface area (Å²) in [6.45, 7) is 4.01. The number of halogens is 3. The van der Waals surface area contributed by atoms with Gasteiger partial charge in [-0.1, -0.05) is 18.8 Å². The molecule has 0 atom stereocenters. The zero-order valence-electron chi connectivity index (χ0n) is 23.9. The third-order valence-corrected chi connectivity index (χ3v) is 10.0. The Morgan fingerprint density at radius 2 is 1.76 bits per heavy atom. The maximum absolute atomic E-state index is 14.1. The van der Waals surface area contributed by atoms with Crippen molar-refractivity contribution in [1.29, 1.82) is 0 Å². The van der Waals surface area contributed by atoms with Crippen molar-refractivity contribution in [1.82, 2.24) is 10.2 Å². The van der Waals surface area contributed by atoms with Gasteiger partial charge in [-0.05, 0) is 95.6 Å². The van der Waals surface area contributed by atoms with Crippen LogP contribution in [0.3, 0.4) is 0 Å². The number of ether oxygens (including phenoxy) is 1. The third-order valence-electron chi connectivity index (χ3n) is 9.01. The second kappa shape index (κ2) is 12.2. The summed E-state index contributed by atoms with van der Waals surface area (Å²) >= 11 is 0.839. The topological polar surface area (TPSA) is 92.6 Å². The van der Waals surface area contributed by atoms with E-state index in [1.807, 2.05) is 13.0 Å². The minimum atomic E-state index is -4.45. The molecule has 0 saturated heterocycles. The van der Waals surface area contributed by atoms with E-state index in [2.05, 4.69) is 29.0 Å². The van der Waals surface area contributed by atoms with Crippen molar-refractivity contribution in [3.63, 3.8) is 0 Å². The van der Waals surface area contributed by atoms with Crippen LogP contribution in [0.4, 0.5) is 18.9 Å². The van der Waals surface area contributed by atoms with Crippen molar-refractivity contribution >= 4 is 28.9 Å². The fraction of sp³-hybridized carbons (Fsp3) is 0.613. The number of alkyl halides is 3. The van der Waals surface area contributed by atoms with E-state index in [1.165, 1.54) is 6.07 Å². The lowest BCUT2D eigenvalue weighted by Crippen LogP contribution is -2.47. The van der Waals surface area contributed by atoms with Crippen LogP contribution in [0.5, 0.6) is 5.88 Å². The molecule has 42 heavy (non-hydrogen) atoms. The van der Waals surface area contributed by atoms with Gasteiger partial charge in [0.1, 0.15) is 16.4 Å². The Kier molecular flexibility index (Phi) is 8.83. The third kappa shape index (κ3) is 6.43. The molecule has 0 unspecified atom stereocenters. The molecule has 3 aliphatic rings. The van der Waals surface area contributed by atoms with Crippen LogP contribution in [0.1, 0.15) is 97.8 Å². The van der Waals surface area contributed by atoms with Crippen LogP contribution in [0.15, 0.2) is 18.2 Å². The molecule has 7 nitrogen and oxygen atoms in total. The monoisotopic (exact) mass is 603 g/mol. The number of carboxylic acids is 1. The van der Waals surface area contributed by atoms with Gasteiger partial charge in [0, 0.05) is 18.0 Å². The zero-order valence-corrected chi connectivity index (χ0v) is 24.7. The van der Waals surface area contributed by atoms with Gasteiger partial charge in [0.25, 0.3) is 0 Å². The van der Waals surface area contributed by atoms with Gasteiger partial charge in [-0.15, -0.1) is 16.4 Å². The number of hydrogen-bond donors (Lipinski definition) is 1. The lowest BCUT2D eigenvalue weighted by molar-refractivity contribution is -0.225. The molecular formula is C31H36F3N3O4S. The predicted octanol–water partition coefficient (Wildman–Crippen LogP) is 7.18. The van der Waals surface area contributed by atoms with Gasteiger partial charge in [-0.25, -0.2) is 4.79 Å². The quantitative estimate of drug-likeness (QED) is 0.352. The van der Waals surface area contributed by atoms with Crippen molar-refractivity contribution in [3.05, 3.63) is 33.6 Å². The van der Waals surface area contributed by atoms with Crippen molar-refractivity contribution in [2.75, 3.05) is 4.90 Å². The van der Waals surface area contributed by atoms with E-state index in [-0.39, 0.29) is 52.3 Å². The molecule has 5 rings (SSSR count). The van der Waals surface area contributed by atoms with Crippen LogP contribution in [0.25, 0.3) is 0 Å². The number of anilines is 1. The molecule has 0 spiro atoms. The fourth-order valence-electron chi connectivity index (χ4n) is 6.21. The minimum Gasteiger partial charge on any atom is -0.477 e. The first kappa shape index (κ1) is 30.3. The Bertz CT molecular complexity index is 1340. The van der Waals surface area contributed by atoms with E-state index in [9.17, 15) is 27.9 Å². The van der Waals surface area contributed by atoms with E-state index < -0.39 is 17.6 Å². The Morgan fingerprint density at radius 1 is 1.07 bits per heavy atom. The Balaban J connectivity index is 1.42. The Morgan fingerprint density at radius 3 is 2.31 bits per heavy atom. The summed E-state index contributed by atoms with van der Waals surface area (Å²) in [6.07, 6.45) is 1.54. The molecule has 3 saturated carbocycles. The van der Waals surface area contributed by atoms with Gasteiger partial charge in [-0.3, -0.25) is 4.79 Å². The number of carboxylic acid groups (broad SMARTS) is 1. The normalized spacial score (nSPS) is 25.5. The van der Waals surface area contributed by atoms with E-state index in [1.54, 1.807) is 11.0 Å². The zero-order chi connectivity index (χ0) is 30.1. The van der Waals surface area contributed by atoms with Crippen LogP contribution in [0.2, 0.25) is 0 Å². The first-order valence-corrected chi connectivity index (χ1v) is 15.5. The number of carbonyl (C=O) groups excluding carboxylic acids is 1. The van der Waals surface area contributed by atoms with Gasteiger partial charge in [0.2, 0.25) is 11.8 Å². The van der Waals surface area contributed by atoms with Crippen molar-refractivity contribution < 1.29 is 32.6 Å². The van der Waals surface area contributed by atoms with Crippen LogP contribution >= 0.6 is 11.3 Å². The van der Waals surface area contributed by atoms with E-state index in [0.717, 1.165) is 42.7 Å². The molecule has 11 heteroatoms. The standard InChI is InChI=1S/C31H36F3N3O4S/c1-19-4-7-21(8-5-19)28(38)37(22-9-11-23(12-10-22)41-26-13-6-20(2)35-36-26)25-18-24(42-27(25)29(39)40)14-17-30(15-3-16-30)31(32,33)34/h6,13,18-19,21-23H,3-5,7-12,15-16H2,1-2H3,(H,39,40). The number of amides is 1. The minimum absolute atomic E-state index is 0.0578. The molecule has 0 radical (unpaired) electrons. The number of carbonyl (C=O) groups is 2. The molecule has 2 aromatic heterocycles. The predicted molar refractivity (Wildman–Crippen MR) is 153 cm³/mol. The lowest BCUT2D eigenvalue weighted by Gasteiger charge is -2.39. The Labute approximate surface area is 247 Å². The van der Waals surface area contributed by atoms with Crippen molar-refractivity contribution in [2.45, 2.75) is 103 Å². The van der Waals surface area contributed by atoms with Crippen LogP contribution < -0.4 is 9.64 Å². The lowest BCUT2D eigenvalue weighted by atomic mass is 9.69. The van der Waals surface area contributed by atoms with Gasteiger partial charge >= 0.3 is 12.1 Å². The highest BCUT2D eigenvalue weighted by Crippen LogP contribution is 2.52. The number of aromatic carboxylic acids is 1. The summed E-state index contributed by atoms with van der Waals surface area (Å²) in [5.41, 5.74) is -1.02. The highest BCUT2D eigenvalue weighted by molar-refractivity contribution is 7.15. The first-order chi connectivity index (χ1) is 20.0. The molecule has 0 bridgehead atoms. The number of thiophene rings is 1. The average Bonchev–Trinajstić information content (AvgIpc) is 3.34. The summed E-state index contributed by atoms with van der Waals surface area (Å²) in [5, 5.41) is 18.2. The number of aryl methyl sites for hydroxylation is 1. The molecule has 1 N–H and O–H groups in total. The Hall–Kier alpha value is -3.13. The maximum atomic E-state index is 14.1. The number of nitrogens with zero attached hydrogens (tertiary/aromatic N) is 3. The molecule has 1 amide bonds. The van der Waals surface area contributed by atoms with Gasteiger partial charge in [0.05, 0.1) is 16.3 Å². The smallest absolute Gasteiger partial charge is 0.405 e. The van der Waals surface area contributed by atoms with Gasteiger partial charge in [-0.2, -0.15) is 18.3 Å². The van der Waals surface area contributed by atoms with E-state index in [4.69, 9.17) is 4.74 Å². The van der Waals surface area contributed by atoms with Crippen LogP contribution in [0, 0.1) is 36.0 Å². The average molecular weight is 604 g/mol. The van der Waals surface area contributed by atoms with E-state index >= 15 is 0 Å². The largest absolute Gasteiger partial charge is 0.477 e. The first-order valence-electron chi connectivity index (χ1n) is 14.7. The maximum Gasteiger partial charge on any atom is 0.405 e. The van der Waals surface area contributed by atoms with Crippen LogP contribution in [-0.4, -0.2) is 45.5 Å². The van der Waals surface area contributed by atoms with Gasteiger partial charge < -0.3 is 14.7 Å². The molecule has 226 valence electrons. The molecule has 0 aliphatic heterocycles. The SMILES string of the molecule is Cc1ccc(OC2CCC(N(C(=O)C3CCC(C)CC3)c3cc(C#CC4(C(F)(F)F)CCC4)sc3C(=O)O)CC2)nn1. The summed E-state index contributed by atoms with van der Waals surface area (Å²) in [6, 6.07) is 4.85. The second-order valence-corrected chi connectivity index (χ2v) is 13.1. The van der Waals surface area contributed by atoms with Crippen molar-refractivity contribution in [2.24, 2.45) is 17.3 Å². The van der Waals surface area contributed by atoms with Gasteiger partial charge in [0.15, 0.2) is 0 Å². The fourth-order valence-corrected chi connectivity index (χ4v) is 7.05. The molecule has 2 heterocycles. The second-order valence-electron chi connectivity index (χ2n) is 12.0. The van der Waals surface area contributed by atoms with Crippen LogP contribution in [-0.2, 0) is 4.79 Å². The van der Waals surface area contributed by atoms with Crippen molar-refractivity contribution in [3.8, 4) is 17.7 Å². The molecular weight excluding hydrogens is 567 g/mol. The molecule has 3 aliphatic carbocycles. The summed E-state index contributed by atoms with van der Waals surface area (Å²) in [7, 11) is 0.